The minimum absolute atomic E-state index is 0.123. The zero-order chi connectivity index (χ0) is 19.9. The Kier molecular flexibility index (Phi) is 6.30. The van der Waals surface area contributed by atoms with Crippen LogP contribution in [0.3, 0.4) is 0 Å². The first-order valence-electron chi connectivity index (χ1n) is 9.04. The number of benzene rings is 1. The number of rotatable bonds is 8. The zero-order valence-corrected chi connectivity index (χ0v) is 15.7. The standard InChI is InChI=1S/C22H22N2O4/c1-3-18(21-12-22(25)24-28-21)8-7-15(2)27-20-10-19(11-20)26-14-17-6-4-5-16(9-17)13-23/h3-9,12,19-20H,1,10-11,14H2,2H3,(H,24,25)/b15-7+,18-8+. The molecule has 1 aromatic heterocycles. The van der Waals surface area contributed by atoms with E-state index in [1.807, 2.05) is 31.2 Å². The van der Waals surface area contributed by atoms with Gasteiger partial charge in [0.05, 0.1) is 36.2 Å². The Hall–Kier alpha value is -3.30. The van der Waals surface area contributed by atoms with E-state index in [0.29, 0.717) is 23.5 Å². The van der Waals surface area contributed by atoms with Crippen molar-refractivity contribution in [1.82, 2.24) is 5.16 Å². The molecule has 0 radical (unpaired) electrons. The summed E-state index contributed by atoms with van der Waals surface area (Å²) in [6.07, 6.45) is 7.18. The lowest BCUT2D eigenvalue weighted by Gasteiger charge is -2.35. The summed E-state index contributed by atoms with van der Waals surface area (Å²) < 4.78 is 16.8. The summed E-state index contributed by atoms with van der Waals surface area (Å²) in [6.45, 7) is 6.11. The molecule has 1 heterocycles. The molecule has 1 aliphatic rings. The molecule has 0 spiro atoms. The van der Waals surface area contributed by atoms with E-state index in [0.717, 1.165) is 24.2 Å². The van der Waals surface area contributed by atoms with Gasteiger partial charge in [0.2, 0.25) is 0 Å². The molecule has 0 unspecified atom stereocenters. The van der Waals surface area contributed by atoms with Crippen LogP contribution in [-0.4, -0.2) is 17.4 Å². The number of hydrogen-bond donors (Lipinski definition) is 1. The van der Waals surface area contributed by atoms with Gasteiger partial charge in [-0.15, -0.1) is 0 Å². The molecule has 6 heteroatoms. The quantitative estimate of drug-likeness (QED) is 0.552. The first-order valence-corrected chi connectivity index (χ1v) is 9.04. The van der Waals surface area contributed by atoms with Gasteiger partial charge in [0.1, 0.15) is 6.10 Å². The second-order valence-electron chi connectivity index (χ2n) is 6.64. The molecule has 1 N–H and O–H groups in total. The summed E-state index contributed by atoms with van der Waals surface area (Å²) in [5, 5.41) is 11.2. The fourth-order valence-corrected chi connectivity index (χ4v) is 2.88. The second kappa shape index (κ2) is 9.07. The van der Waals surface area contributed by atoms with Crippen LogP contribution in [-0.2, 0) is 16.1 Å². The van der Waals surface area contributed by atoms with E-state index in [9.17, 15) is 4.79 Å². The lowest BCUT2D eigenvalue weighted by molar-refractivity contribution is -0.0881. The molecule has 144 valence electrons. The Labute approximate surface area is 163 Å². The van der Waals surface area contributed by atoms with E-state index in [1.165, 1.54) is 6.07 Å². The van der Waals surface area contributed by atoms with Crippen LogP contribution in [0.4, 0.5) is 0 Å². The summed E-state index contributed by atoms with van der Waals surface area (Å²) in [7, 11) is 0. The molecule has 0 aliphatic heterocycles. The number of aromatic amines is 1. The molecule has 0 bridgehead atoms. The van der Waals surface area contributed by atoms with Crippen molar-refractivity contribution in [3.8, 4) is 6.07 Å². The van der Waals surface area contributed by atoms with Crippen LogP contribution in [0.15, 0.2) is 70.2 Å². The Morgan fingerprint density at radius 3 is 2.86 bits per heavy atom. The average molecular weight is 378 g/mol. The van der Waals surface area contributed by atoms with E-state index < -0.39 is 0 Å². The third kappa shape index (κ3) is 5.12. The Bertz CT molecular complexity index is 984. The number of hydrogen-bond acceptors (Lipinski definition) is 5. The number of ether oxygens (including phenoxy) is 2. The van der Waals surface area contributed by atoms with Crippen LogP contribution in [0.2, 0.25) is 0 Å². The Balaban J connectivity index is 1.45. The highest BCUT2D eigenvalue weighted by molar-refractivity contribution is 5.71. The summed E-state index contributed by atoms with van der Waals surface area (Å²) in [4.78, 5) is 11.2. The van der Waals surface area contributed by atoms with E-state index in [2.05, 4.69) is 17.8 Å². The molecule has 1 aromatic carbocycles. The maximum Gasteiger partial charge on any atom is 0.280 e. The van der Waals surface area contributed by atoms with Crippen LogP contribution in [0.5, 0.6) is 0 Å². The van der Waals surface area contributed by atoms with Crippen molar-refractivity contribution in [2.75, 3.05) is 0 Å². The molecule has 1 aliphatic carbocycles. The van der Waals surface area contributed by atoms with Gasteiger partial charge in [0.25, 0.3) is 5.56 Å². The molecular weight excluding hydrogens is 356 g/mol. The minimum Gasteiger partial charge on any atom is -0.495 e. The fraction of sp³-hybridized carbons (Fsp3) is 0.273. The van der Waals surface area contributed by atoms with E-state index in [1.54, 1.807) is 18.2 Å². The molecule has 0 atom stereocenters. The lowest BCUT2D eigenvalue weighted by Crippen LogP contribution is -2.37. The topological polar surface area (TPSA) is 88.2 Å². The zero-order valence-electron chi connectivity index (χ0n) is 15.7. The first-order chi connectivity index (χ1) is 13.6. The highest BCUT2D eigenvalue weighted by Crippen LogP contribution is 2.29. The van der Waals surface area contributed by atoms with Gasteiger partial charge in [-0.25, -0.2) is 0 Å². The summed E-state index contributed by atoms with van der Waals surface area (Å²) in [5.41, 5.74) is 2.04. The molecule has 2 aromatic rings. The monoisotopic (exact) mass is 378 g/mol. The van der Waals surface area contributed by atoms with E-state index in [-0.39, 0.29) is 17.8 Å². The van der Waals surface area contributed by atoms with Gasteiger partial charge in [-0.2, -0.15) is 10.4 Å². The molecular formula is C22H22N2O4. The van der Waals surface area contributed by atoms with Gasteiger partial charge in [0, 0.05) is 18.4 Å². The molecule has 28 heavy (non-hydrogen) atoms. The van der Waals surface area contributed by atoms with Gasteiger partial charge in [-0.1, -0.05) is 24.8 Å². The smallest absolute Gasteiger partial charge is 0.280 e. The summed E-state index contributed by atoms with van der Waals surface area (Å²) in [5.74, 6) is 1.20. The first kappa shape index (κ1) is 19.5. The van der Waals surface area contributed by atoms with Crippen LogP contribution in [0.1, 0.15) is 36.7 Å². The molecule has 1 saturated carbocycles. The van der Waals surface area contributed by atoms with Crippen molar-refractivity contribution in [2.45, 2.75) is 38.6 Å². The van der Waals surface area contributed by atoms with Crippen LogP contribution in [0, 0.1) is 11.3 Å². The molecule has 0 saturated heterocycles. The van der Waals surface area contributed by atoms with Crippen molar-refractivity contribution in [1.29, 1.82) is 5.26 Å². The van der Waals surface area contributed by atoms with Crippen molar-refractivity contribution < 1.29 is 14.0 Å². The van der Waals surface area contributed by atoms with Crippen LogP contribution < -0.4 is 5.56 Å². The maximum atomic E-state index is 11.2. The number of aromatic nitrogens is 1. The normalized spacial score (nSPS) is 19.6. The number of nitrogens with one attached hydrogen (secondary N) is 1. The third-order valence-corrected chi connectivity index (χ3v) is 4.47. The molecule has 6 nitrogen and oxygen atoms in total. The number of nitriles is 1. The SMILES string of the molecule is C=C/C(=C\C=C(/C)OC1CC(OCc2cccc(C#N)c2)C1)c1cc(=O)[nH]o1. The minimum atomic E-state index is -0.292. The Morgan fingerprint density at radius 1 is 1.36 bits per heavy atom. The van der Waals surface area contributed by atoms with Gasteiger partial charge < -0.3 is 14.0 Å². The van der Waals surface area contributed by atoms with Gasteiger partial charge in [0.15, 0.2) is 5.76 Å². The lowest BCUT2D eigenvalue weighted by atomic mass is 9.92. The highest BCUT2D eigenvalue weighted by atomic mass is 16.5. The predicted octanol–water partition coefficient (Wildman–Crippen LogP) is 4.08. The van der Waals surface area contributed by atoms with Crippen molar-refractivity contribution in [2.24, 2.45) is 0 Å². The summed E-state index contributed by atoms with van der Waals surface area (Å²) >= 11 is 0. The third-order valence-electron chi connectivity index (χ3n) is 4.47. The number of allylic oxidation sites excluding steroid dienone is 5. The average Bonchev–Trinajstić information content (AvgIpc) is 3.10. The van der Waals surface area contributed by atoms with Gasteiger partial charge >= 0.3 is 0 Å². The highest BCUT2D eigenvalue weighted by Gasteiger charge is 2.31. The molecule has 3 rings (SSSR count). The molecule has 0 amide bonds. The predicted molar refractivity (Wildman–Crippen MR) is 105 cm³/mol. The van der Waals surface area contributed by atoms with E-state index in [4.69, 9.17) is 19.3 Å². The fourth-order valence-electron chi connectivity index (χ4n) is 2.88. The summed E-state index contributed by atoms with van der Waals surface area (Å²) in [6, 6.07) is 10.9. The Morgan fingerprint density at radius 2 is 2.18 bits per heavy atom. The molecule has 1 fully saturated rings. The second-order valence-corrected chi connectivity index (χ2v) is 6.64. The number of nitrogens with zero attached hydrogens (tertiary/aromatic N) is 1. The van der Waals surface area contributed by atoms with E-state index >= 15 is 0 Å². The van der Waals surface area contributed by atoms with Crippen molar-refractivity contribution in [3.63, 3.8) is 0 Å². The van der Waals surface area contributed by atoms with Gasteiger partial charge in [-0.05, 0) is 36.8 Å². The van der Waals surface area contributed by atoms with Crippen LogP contribution >= 0.6 is 0 Å². The largest absolute Gasteiger partial charge is 0.495 e. The van der Waals surface area contributed by atoms with Gasteiger partial charge in [-0.3, -0.25) is 4.79 Å². The maximum absolute atomic E-state index is 11.2. The van der Waals surface area contributed by atoms with Crippen molar-refractivity contribution in [3.05, 3.63) is 88.1 Å². The van der Waals surface area contributed by atoms with Crippen molar-refractivity contribution >= 4 is 5.57 Å². The van der Waals surface area contributed by atoms with Crippen LogP contribution in [0.25, 0.3) is 5.57 Å². The number of H-pyrrole nitrogens is 1.